The number of hydrogen-bond acceptors (Lipinski definition) is 6. The number of nitrogens with zero attached hydrogens (tertiary/aromatic N) is 4. The van der Waals surface area contributed by atoms with E-state index < -0.39 is 5.54 Å². The Hall–Kier alpha value is -3.68. The molecule has 0 radical (unpaired) electrons. The molecule has 0 spiro atoms. The molecule has 1 atom stereocenters. The molecule has 0 saturated heterocycles. The predicted octanol–water partition coefficient (Wildman–Crippen LogP) is 4.55. The Morgan fingerprint density at radius 3 is 2.97 bits per heavy atom. The molecule has 2 aliphatic rings. The minimum absolute atomic E-state index is 0.145. The Balaban J connectivity index is 1.46. The molecule has 0 bridgehead atoms. The number of nitro groups is 1. The van der Waals surface area contributed by atoms with E-state index >= 15 is 0 Å². The van der Waals surface area contributed by atoms with Gasteiger partial charge in [0.05, 0.1) is 0 Å². The first-order chi connectivity index (χ1) is 15.5. The minimum atomic E-state index is -1.15. The van der Waals surface area contributed by atoms with Crippen molar-refractivity contribution in [2.75, 3.05) is 12.3 Å². The summed E-state index contributed by atoms with van der Waals surface area (Å²) < 4.78 is 8.05. The van der Waals surface area contributed by atoms with Gasteiger partial charge in [-0.1, -0.05) is 36.8 Å². The summed E-state index contributed by atoms with van der Waals surface area (Å²) in [6, 6.07) is 7.62. The highest BCUT2D eigenvalue weighted by molar-refractivity contribution is 5.85. The third-order valence-corrected chi connectivity index (χ3v) is 6.63. The van der Waals surface area contributed by atoms with E-state index in [9.17, 15) is 10.1 Å². The van der Waals surface area contributed by atoms with Crippen molar-refractivity contribution >= 4 is 11.3 Å². The van der Waals surface area contributed by atoms with Crippen molar-refractivity contribution in [3.8, 4) is 17.0 Å². The number of nitrogen functional groups attached to an aromatic ring is 1. The molecule has 2 aromatic heterocycles. The normalized spacial score (nSPS) is 20.7. The zero-order chi connectivity index (χ0) is 22.3. The van der Waals surface area contributed by atoms with E-state index in [-0.39, 0.29) is 11.5 Å². The van der Waals surface area contributed by atoms with Crippen LogP contribution in [-0.4, -0.2) is 31.4 Å². The molecule has 1 unspecified atom stereocenters. The van der Waals surface area contributed by atoms with Gasteiger partial charge in [-0.25, -0.2) is 9.97 Å². The first kappa shape index (κ1) is 20.2. The zero-order valence-corrected chi connectivity index (χ0v) is 17.9. The van der Waals surface area contributed by atoms with Crippen molar-refractivity contribution in [3.05, 3.63) is 76.4 Å². The van der Waals surface area contributed by atoms with E-state index in [4.69, 9.17) is 15.5 Å². The summed E-state index contributed by atoms with van der Waals surface area (Å²) in [7, 11) is 0. The highest BCUT2D eigenvalue weighted by atomic mass is 16.6. The SMILES string of the molecule is CC1([N+](=O)[O-])CC=CC=C1COc1cccc(-c2nc(C3CCC3)n3ccnc(N)c23)c1. The summed E-state index contributed by atoms with van der Waals surface area (Å²) in [5.74, 6) is 2.51. The maximum absolute atomic E-state index is 11.6. The fourth-order valence-corrected chi connectivity index (χ4v) is 4.32. The second-order valence-electron chi connectivity index (χ2n) is 8.65. The van der Waals surface area contributed by atoms with Crippen molar-refractivity contribution in [1.29, 1.82) is 0 Å². The van der Waals surface area contributed by atoms with Crippen LogP contribution in [0, 0.1) is 10.1 Å². The summed E-state index contributed by atoms with van der Waals surface area (Å²) in [5, 5.41) is 11.6. The van der Waals surface area contributed by atoms with Crippen molar-refractivity contribution < 1.29 is 9.66 Å². The van der Waals surface area contributed by atoms with E-state index in [0.29, 0.717) is 29.5 Å². The third kappa shape index (κ3) is 3.32. The monoisotopic (exact) mass is 431 g/mol. The first-order valence-electron chi connectivity index (χ1n) is 10.8. The molecule has 0 amide bonds. The molecule has 2 aliphatic carbocycles. The Morgan fingerprint density at radius 2 is 2.22 bits per heavy atom. The van der Waals surface area contributed by atoms with Crippen LogP contribution in [0.3, 0.4) is 0 Å². The van der Waals surface area contributed by atoms with Crippen molar-refractivity contribution in [2.24, 2.45) is 0 Å². The topological polar surface area (TPSA) is 109 Å². The zero-order valence-electron chi connectivity index (χ0n) is 17.9. The number of fused-ring (bicyclic) bond motifs is 1. The summed E-state index contributed by atoms with van der Waals surface area (Å²) in [5.41, 5.74) is 8.18. The molecule has 1 aromatic carbocycles. The molecule has 2 heterocycles. The average molecular weight is 431 g/mol. The lowest BCUT2D eigenvalue weighted by Gasteiger charge is -2.25. The van der Waals surface area contributed by atoms with Gasteiger partial charge in [0.25, 0.3) is 0 Å². The predicted molar refractivity (Wildman–Crippen MR) is 122 cm³/mol. The minimum Gasteiger partial charge on any atom is -0.489 e. The van der Waals surface area contributed by atoms with Crippen molar-refractivity contribution in [2.45, 2.75) is 44.1 Å². The van der Waals surface area contributed by atoms with Gasteiger partial charge >= 0.3 is 0 Å². The summed E-state index contributed by atoms with van der Waals surface area (Å²) in [4.78, 5) is 20.6. The van der Waals surface area contributed by atoms with Gasteiger partial charge in [0, 0.05) is 47.7 Å². The van der Waals surface area contributed by atoms with Gasteiger partial charge in [-0.2, -0.15) is 0 Å². The maximum atomic E-state index is 11.6. The number of ether oxygens (including phenoxy) is 1. The Labute approximate surface area is 185 Å². The van der Waals surface area contributed by atoms with Gasteiger partial charge < -0.3 is 10.5 Å². The number of anilines is 1. The molecule has 1 fully saturated rings. The van der Waals surface area contributed by atoms with Crippen LogP contribution < -0.4 is 10.5 Å². The van der Waals surface area contributed by atoms with Crippen LogP contribution in [0.2, 0.25) is 0 Å². The number of rotatable bonds is 6. The molecule has 1 saturated carbocycles. The molecule has 3 aromatic rings. The number of imidazole rings is 1. The van der Waals surface area contributed by atoms with Crippen LogP contribution in [0.4, 0.5) is 5.82 Å². The Morgan fingerprint density at radius 1 is 1.38 bits per heavy atom. The number of benzene rings is 1. The van der Waals surface area contributed by atoms with Gasteiger partial charge in [0.2, 0.25) is 5.54 Å². The largest absolute Gasteiger partial charge is 0.489 e. The maximum Gasteiger partial charge on any atom is 0.247 e. The third-order valence-electron chi connectivity index (χ3n) is 6.63. The molecular weight excluding hydrogens is 406 g/mol. The van der Waals surface area contributed by atoms with Gasteiger partial charge in [-0.15, -0.1) is 0 Å². The Kier molecular flexibility index (Phi) is 4.92. The molecule has 32 heavy (non-hydrogen) atoms. The molecule has 8 heteroatoms. The van der Waals surface area contributed by atoms with Crippen LogP contribution in [-0.2, 0) is 0 Å². The molecule has 164 valence electrons. The Bertz CT molecular complexity index is 1260. The lowest BCUT2D eigenvalue weighted by molar-refractivity contribution is -0.553. The second-order valence-corrected chi connectivity index (χ2v) is 8.65. The van der Waals surface area contributed by atoms with Crippen molar-refractivity contribution in [3.63, 3.8) is 0 Å². The lowest BCUT2D eigenvalue weighted by atomic mass is 9.85. The fraction of sp³-hybridized carbons (Fsp3) is 0.333. The van der Waals surface area contributed by atoms with E-state index in [1.807, 2.05) is 42.6 Å². The number of aromatic nitrogens is 3. The first-order valence-corrected chi connectivity index (χ1v) is 10.8. The molecule has 8 nitrogen and oxygen atoms in total. The quantitative estimate of drug-likeness (QED) is 0.453. The smallest absolute Gasteiger partial charge is 0.247 e. The van der Waals surface area contributed by atoms with E-state index in [0.717, 1.165) is 35.4 Å². The van der Waals surface area contributed by atoms with Gasteiger partial charge in [0.1, 0.15) is 35.2 Å². The number of hydrogen-bond donors (Lipinski definition) is 1. The summed E-state index contributed by atoms with van der Waals surface area (Å²) in [6.07, 6.45) is 12.9. The van der Waals surface area contributed by atoms with Crippen LogP contribution >= 0.6 is 0 Å². The highest BCUT2D eigenvalue weighted by Gasteiger charge is 2.41. The van der Waals surface area contributed by atoms with Gasteiger partial charge in [0.15, 0.2) is 0 Å². The summed E-state index contributed by atoms with van der Waals surface area (Å²) >= 11 is 0. The molecule has 5 rings (SSSR count). The summed E-state index contributed by atoms with van der Waals surface area (Å²) in [6.45, 7) is 1.78. The van der Waals surface area contributed by atoms with Crippen LogP contribution in [0.15, 0.2) is 60.5 Å². The van der Waals surface area contributed by atoms with E-state index in [2.05, 4.69) is 9.38 Å². The van der Waals surface area contributed by atoms with Crippen LogP contribution in [0.5, 0.6) is 5.75 Å². The average Bonchev–Trinajstić information content (AvgIpc) is 3.13. The molecule has 0 aliphatic heterocycles. The molecular formula is C24H25N5O3. The standard InChI is InChI=1S/C24H25N5O3/c1-24(29(30)31)11-3-2-9-18(24)15-32-19-10-5-8-17(14-19)20-21-22(25)26-12-13-28(21)23(27-20)16-6-4-7-16/h2-3,5,8-10,12-14,16H,4,6-7,11,15H2,1H3,(H2,25,26). The highest BCUT2D eigenvalue weighted by Crippen LogP contribution is 2.39. The van der Waals surface area contributed by atoms with Gasteiger partial charge in [-0.05, 0) is 25.0 Å². The molecule has 2 N–H and O–H groups in total. The van der Waals surface area contributed by atoms with Crippen LogP contribution in [0.1, 0.15) is 44.3 Å². The lowest BCUT2D eigenvalue weighted by Crippen LogP contribution is -2.39. The second kappa shape index (κ2) is 7.78. The van der Waals surface area contributed by atoms with Gasteiger partial charge in [-0.3, -0.25) is 14.5 Å². The fourth-order valence-electron chi connectivity index (χ4n) is 4.32. The van der Waals surface area contributed by atoms with E-state index in [1.54, 1.807) is 19.2 Å². The number of nitrogens with two attached hydrogens (primary N) is 1. The van der Waals surface area contributed by atoms with Crippen molar-refractivity contribution in [1.82, 2.24) is 14.4 Å². The number of allylic oxidation sites excluding steroid dienone is 2. The van der Waals surface area contributed by atoms with E-state index in [1.165, 1.54) is 6.42 Å². The van der Waals surface area contributed by atoms with Crippen LogP contribution in [0.25, 0.3) is 16.8 Å².